The van der Waals surface area contributed by atoms with Gasteiger partial charge in [0.1, 0.15) is 6.04 Å². The van der Waals surface area contributed by atoms with Crippen LogP contribution in [0.4, 0.5) is 0 Å². The highest BCUT2D eigenvalue weighted by Gasteiger charge is 2.35. The molecule has 8 heteroatoms. The van der Waals surface area contributed by atoms with E-state index in [1.165, 1.54) is 16.7 Å². The molecule has 1 saturated heterocycles. The molecule has 0 aromatic rings. The van der Waals surface area contributed by atoms with Gasteiger partial charge in [-0.3, -0.25) is 9.59 Å². The number of carboxylic acid groups (broad SMARTS) is 1. The van der Waals surface area contributed by atoms with Crippen molar-refractivity contribution < 1.29 is 29.0 Å². The van der Waals surface area contributed by atoms with Crippen molar-refractivity contribution in [2.45, 2.75) is 32.7 Å². The van der Waals surface area contributed by atoms with Crippen LogP contribution in [0.3, 0.4) is 0 Å². The number of ketones is 1. The number of amides is 1. The van der Waals surface area contributed by atoms with Gasteiger partial charge < -0.3 is 14.7 Å². The van der Waals surface area contributed by atoms with Gasteiger partial charge in [-0.2, -0.15) is 11.8 Å². The van der Waals surface area contributed by atoms with Crippen LogP contribution in [-0.4, -0.2) is 64.3 Å². The Balaban J connectivity index is 2.40. The zero-order valence-electron chi connectivity index (χ0n) is 12.7. The highest BCUT2D eigenvalue weighted by molar-refractivity contribution is 8.00. The molecule has 0 bridgehead atoms. The fourth-order valence-corrected chi connectivity index (χ4v) is 3.16. The van der Waals surface area contributed by atoms with Gasteiger partial charge >= 0.3 is 11.9 Å². The van der Waals surface area contributed by atoms with Gasteiger partial charge in [-0.1, -0.05) is 6.92 Å². The van der Waals surface area contributed by atoms with E-state index in [2.05, 4.69) is 4.74 Å². The zero-order valence-corrected chi connectivity index (χ0v) is 13.6. The summed E-state index contributed by atoms with van der Waals surface area (Å²) in [6.07, 6.45) is 1.16. The van der Waals surface area contributed by atoms with Gasteiger partial charge in [0.2, 0.25) is 11.7 Å². The number of hydrogen-bond acceptors (Lipinski definition) is 6. The third-order valence-electron chi connectivity index (χ3n) is 3.35. The second-order valence-corrected chi connectivity index (χ2v) is 6.12. The van der Waals surface area contributed by atoms with E-state index in [0.717, 1.165) is 0 Å². The van der Waals surface area contributed by atoms with E-state index in [9.17, 15) is 19.2 Å². The van der Waals surface area contributed by atoms with Crippen LogP contribution in [0.15, 0.2) is 0 Å². The Morgan fingerprint density at radius 1 is 1.36 bits per heavy atom. The Morgan fingerprint density at radius 2 is 2.05 bits per heavy atom. The zero-order chi connectivity index (χ0) is 16.7. The maximum atomic E-state index is 12.2. The SMILES string of the molecule is CCOC(=O)C(=O)CSCC(C)C(=O)N1CCCC1C(=O)O. The number of carboxylic acids is 1. The molecule has 7 nitrogen and oxygen atoms in total. The minimum atomic E-state index is -0.983. The molecule has 1 aliphatic heterocycles. The molecule has 22 heavy (non-hydrogen) atoms. The van der Waals surface area contributed by atoms with Gasteiger partial charge in [0.05, 0.1) is 12.4 Å². The summed E-state index contributed by atoms with van der Waals surface area (Å²) in [6.45, 7) is 3.91. The van der Waals surface area contributed by atoms with E-state index in [4.69, 9.17) is 5.11 Å². The van der Waals surface area contributed by atoms with Gasteiger partial charge in [0.15, 0.2) is 0 Å². The van der Waals surface area contributed by atoms with Crippen LogP contribution in [0.25, 0.3) is 0 Å². The average molecular weight is 331 g/mol. The van der Waals surface area contributed by atoms with Crippen molar-refractivity contribution in [1.82, 2.24) is 4.90 Å². The number of thioether (sulfide) groups is 1. The summed E-state index contributed by atoms with van der Waals surface area (Å²) in [5, 5.41) is 9.08. The minimum Gasteiger partial charge on any atom is -0.480 e. The molecule has 1 aliphatic rings. The topological polar surface area (TPSA) is 101 Å². The molecule has 1 amide bonds. The molecule has 0 aromatic heterocycles. The van der Waals surface area contributed by atoms with Gasteiger partial charge in [0.25, 0.3) is 0 Å². The van der Waals surface area contributed by atoms with Crippen molar-refractivity contribution in [3.8, 4) is 0 Å². The number of aliphatic carboxylic acids is 1. The molecule has 0 aliphatic carbocycles. The van der Waals surface area contributed by atoms with E-state index in [1.54, 1.807) is 13.8 Å². The lowest BCUT2D eigenvalue weighted by Crippen LogP contribution is -2.43. The second-order valence-electron chi connectivity index (χ2n) is 5.09. The van der Waals surface area contributed by atoms with Gasteiger partial charge in [0, 0.05) is 18.2 Å². The molecule has 1 fully saturated rings. The predicted molar refractivity (Wildman–Crippen MR) is 80.5 cm³/mol. The van der Waals surface area contributed by atoms with E-state index >= 15 is 0 Å². The van der Waals surface area contributed by atoms with E-state index in [0.29, 0.717) is 25.1 Å². The van der Waals surface area contributed by atoms with E-state index in [1.807, 2.05) is 0 Å². The second kappa shape index (κ2) is 8.77. The molecule has 1 N–H and O–H groups in total. The summed E-state index contributed by atoms with van der Waals surface area (Å²) < 4.78 is 4.59. The summed E-state index contributed by atoms with van der Waals surface area (Å²) in [5.74, 6) is -2.79. The number of esters is 1. The first-order valence-electron chi connectivity index (χ1n) is 7.19. The summed E-state index contributed by atoms with van der Waals surface area (Å²) in [5.41, 5.74) is 0. The maximum absolute atomic E-state index is 12.2. The first kappa shape index (κ1) is 18.5. The van der Waals surface area contributed by atoms with E-state index in [-0.39, 0.29) is 18.3 Å². The van der Waals surface area contributed by atoms with Crippen LogP contribution in [0.1, 0.15) is 26.7 Å². The van der Waals surface area contributed by atoms with Crippen LogP contribution in [0, 0.1) is 5.92 Å². The lowest BCUT2D eigenvalue weighted by atomic mass is 10.1. The third-order valence-corrected chi connectivity index (χ3v) is 4.55. The molecule has 124 valence electrons. The van der Waals surface area contributed by atoms with Crippen LogP contribution in [-0.2, 0) is 23.9 Å². The number of likely N-dealkylation sites (tertiary alicyclic amines) is 1. The Bertz CT molecular complexity index is 453. The Kier molecular flexibility index (Phi) is 7.37. The van der Waals surface area contributed by atoms with Gasteiger partial charge in [-0.05, 0) is 19.8 Å². The Morgan fingerprint density at radius 3 is 2.64 bits per heavy atom. The predicted octanol–water partition coefficient (Wildman–Crippen LogP) is 0.563. The molecule has 0 radical (unpaired) electrons. The molecular weight excluding hydrogens is 310 g/mol. The molecule has 1 heterocycles. The van der Waals surface area contributed by atoms with Crippen molar-refractivity contribution in [2.75, 3.05) is 24.7 Å². The van der Waals surface area contributed by atoms with Crippen molar-refractivity contribution >= 4 is 35.4 Å². The smallest absolute Gasteiger partial charge is 0.375 e. The highest BCUT2D eigenvalue weighted by Crippen LogP contribution is 2.21. The van der Waals surface area contributed by atoms with Crippen LogP contribution >= 0.6 is 11.8 Å². The normalized spacial score (nSPS) is 18.8. The Labute approximate surface area is 133 Å². The molecular formula is C14H21NO6S. The number of carbonyl (C=O) groups excluding carboxylic acids is 3. The van der Waals surface area contributed by atoms with E-state index < -0.39 is 29.7 Å². The lowest BCUT2D eigenvalue weighted by molar-refractivity contribution is -0.152. The summed E-state index contributed by atoms with van der Waals surface area (Å²) in [6, 6.07) is -0.749. The average Bonchev–Trinajstić information content (AvgIpc) is 2.95. The summed E-state index contributed by atoms with van der Waals surface area (Å²) in [4.78, 5) is 47.3. The number of ether oxygens (including phenoxy) is 1. The highest BCUT2D eigenvalue weighted by atomic mass is 32.2. The number of rotatable bonds is 8. The Hall–Kier alpha value is -1.57. The number of nitrogens with zero attached hydrogens (tertiary/aromatic N) is 1. The molecule has 0 aromatic carbocycles. The fourth-order valence-electron chi connectivity index (χ4n) is 2.24. The standard InChI is InChI=1S/C14H21NO6S/c1-3-21-14(20)11(16)8-22-7-9(2)12(17)15-6-4-5-10(15)13(18)19/h9-10H,3-8H2,1-2H3,(H,18,19). The summed E-state index contributed by atoms with van der Waals surface area (Å²) >= 11 is 1.18. The first-order valence-corrected chi connectivity index (χ1v) is 8.34. The van der Waals surface area contributed by atoms with Crippen molar-refractivity contribution in [3.05, 3.63) is 0 Å². The molecule has 2 atom stereocenters. The molecule has 0 saturated carbocycles. The van der Waals surface area contributed by atoms with Crippen LogP contribution in [0.5, 0.6) is 0 Å². The van der Waals surface area contributed by atoms with Gasteiger partial charge in [-0.25, -0.2) is 9.59 Å². The summed E-state index contributed by atoms with van der Waals surface area (Å²) in [7, 11) is 0. The quantitative estimate of drug-likeness (QED) is 0.512. The fraction of sp³-hybridized carbons (Fsp3) is 0.714. The number of Topliss-reactive ketones (excluding diaryl/α,β-unsaturated/α-hetero) is 1. The van der Waals surface area contributed by atoms with Crippen LogP contribution < -0.4 is 0 Å². The molecule has 1 rings (SSSR count). The maximum Gasteiger partial charge on any atom is 0.375 e. The van der Waals surface area contributed by atoms with Crippen molar-refractivity contribution in [1.29, 1.82) is 0 Å². The lowest BCUT2D eigenvalue weighted by Gasteiger charge is -2.24. The number of hydrogen-bond donors (Lipinski definition) is 1. The number of carbonyl (C=O) groups is 4. The third kappa shape index (κ3) is 5.01. The molecule has 2 unspecified atom stereocenters. The monoisotopic (exact) mass is 331 g/mol. The van der Waals surface area contributed by atoms with Gasteiger partial charge in [-0.15, -0.1) is 0 Å². The largest absolute Gasteiger partial charge is 0.480 e. The molecule has 0 spiro atoms. The first-order chi connectivity index (χ1) is 10.4. The minimum absolute atomic E-state index is 0.0428. The van der Waals surface area contributed by atoms with Crippen molar-refractivity contribution in [2.24, 2.45) is 5.92 Å². The van der Waals surface area contributed by atoms with Crippen molar-refractivity contribution in [3.63, 3.8) is 0 Å². The van der Waals surface area contributed by atoms with Crippen LogP contribution in [0.2, 0.25) is 0 Å².